The van der Waals surface area contributed by atoms with Gasteiger partial charge in [0.2, 0.25) is 5.91 Å². The smallest absolute Gasteiger partial charge is 0.229 e. The fourth-order valence-corrected chi connectivity index (χ4v) is 3.51. The van der Waals surface area contributed by atoms with E-state index in [-0.39, 0.29) is 29.7 Å². The lowest BCUT2D eigenvalue weighted by Gasteiger charge is -2.24. The molecule has 1 fully saturated rings. The molecule has 0 aromatic heterocycles. The zero-order chi connectivity index (χ0) is 15.9. The Hall–Kier alpha value is -1.68. The van der Waals surface area contributed by atoms with Crippen LogP contribution in [0.15, 0.2) is 18.2 Å². The summed E-state index contributed by atoms with van der Waals surface area (Å²) in [6, 6.07) is 5.94. The Kier molecular flexibility index (Phi) is 4.04. The zero-order valence-corrected chi connectivity index (χ0v) is 13.6. The number of hydrogen-bond donors (Lipinski definition) is 1. The maximum absolute atomic E-state index is 12.5. The van der Waals surface area contributed by atoms with Gasteiger partial charge < -0.3 is 10.2 Å². The van der Waals surface area contributed by atoms with Crippen molar-refractivity contribution in [3.8, 4) is 0 Å². The van der Waals surface area contributed by atoms with E-state index in [0.717, 1.165) is 42.6 Å². The van der Waals surface area contributed by atoms with Gasteiger partial charge in [-0.1, -0.05) is 13.8 Å². The van der Waals surface area contributed by atoms with Crippen LogP contribution in [0.3, 0.4) is 0 Å². The highest BCUT2D eigenvalue weighted by atomic mass is 16.2. The average molecular weight is 300 g/mol. The zero-order valence-electron chi connectivity index (χ0n) is 13.6. The van der Waals surface area contributed by atoms with Gasteiger partial charge in [-0.05, 0) is 56.5 Å². The molecule has 22 heavy (non-hydrogen) atoms. The van der Waals surface area contributed by atoms with E-state index in [4.69, 9.17) is 0 Å². The molecule has 0 bridgehead atoms. The first-order valence-corrected chi connectivity index (χ1v) is 8.22. The number of nitrogens with one attached hydrogen (secondary N) is 1. The molecule has 4 nitrogen and oxygen atoms in total. The highest BCUT2D eigenvalue weighted by molar-refractivity contribution is 6.02. The SMILES string of the molecule is CC(C)C(=O)N1c2ccc(C(=O)C3CCCN3)cc2CC1C. The molecular weight excluding hydrogens is 276 g/mol. The molecule has 1 N–H and O–H groups in total. The molecule has 0 radical (unpaired) electrons. The molecule has 1 amide bonds. The summed E-state index contributed by atoms with van der Waals surface area (Å²) in [5.74, 6) is 0.321. The molecule has 1 aromatic carbocycles. The first kappa shape index (κ1) is 15.2. The number of nitrogens with zero attached hydrogens (tertiary/aromatic N) is 1. The number of hydrogen-bond acceptors (Lipinski definition) is 3. The standard InChI is InChI=1S/C18H24N2O2/c1-11(2)18(22)20-12(3)9-14-10-13(6-7-16(14)20)17(21)15-5-4-8-19-15/h6-7,10-12,15,19H,4-5,8-9H2,1-3H3. The molecule has 2 atom stereocenters. The van der Waals surface area contributed by atoms with Gasteiger partial charge in [-0.2, -0.15) is 0 Å². The third kappa shape index (κ3) is 2.56. The Labute approximate surface area is 131 Å². The minimum absolute atomic E-state index is 0.0163. The molecule has 0 aliphatic carbocycles. The van der Waals surface area contributed by atoms with E-state index in [1.165, 1.54) is 0 Å². The van der Waals surface area contributed by atoms with Crippen LogP contribution in [0.5, 0.6) is 0 Å². The van der Waals surface area contributed by atoms with Crippen LogP contribution in [0.4, 0.5) is 5.69 Å². The van der Waals surface area contributed by atoms with Crippen LogP contribution >= 0.6 is 0 Å². The third-order valence-electron chi connectivity index (χ3n) is 4.69. The Morgan fingerprint density at radius 1 is 1.32 bits per heavy atom. The molecular formula is C18H24N2O2. The quantitative estimate of drug-likeness (QED) is 0.873. The van der Waals surface area contributed by atoms with Gasteiger partial charge in [-0.15, -0.1) is 0 Å². The van der Waals surface area contributed by atoms with Crippen LogP contribution in [-0.4, -0.2) is 30.3 Å². The molecule has 2 unspecified atom stereocenters. The molecule has 1 aromatic rings. The minimum atomic E-state index is -0.0368. The minimum Gasteiger partial charge on any atom is -0.309 e. The van der Waals surface area contributed by atoms with E-state index in [1.54, 1.807) is 0 Å². The van der Waals surface area contributed by atoms with Gasteiger partial charge in [0, 0.05) is 23.2 Å². The van der Waals surface area contributed by atoms with Gasteiger partial charge in [0.25, 0.3) is 0 Å². The lowest BCUT2D eigenvalue weighted by atomic mass is 9.99. The Bertz CT molecular complexity index is 603. The monoisotopic (exact) mass is 300 g/mol. The molecule has 1 saturated heterocycles. The van der Waals surface area contributed by atoms with Crippen molar-refractivity contribution in [2.24, 2.45) is 5.92 Å². The molecule has 0 saturated carbocycles. The van der Waals surface area contributed by atoms with Crippen LogP contribution in [0.2, 0.25) is 0 Å². The van der Waals surface area contributed by atoms with Crippen molar-refractivity contribution < 1.29 is 9.59 Å². The number of rotatable bonds is 3. The third-order valence-corrected chi connectivity index (χ3v) is 4.69. The van der Waals surface area contributed by atoms with E-state index in [9.17, 15) is 9.59 Å². The Morgan fingerprint density at radius 2 is 2.09 bits per heavy atom. The predicted octanol–water partition coefficient (Wildman–Crippen LogP) is 2.55. The number of amides is 1. The summed E-state index contributed by atoms with van der Waals surface area (Å²) in [6.45, 7) is 6.85. The summed E-state index contributed by atoms with van der Waals surface area (Å²) < 4.78 is 0. The average Bonchev–Trinajstić information content (AvgIpc) is 3.11. The molecule has 4 heteroatoms. The molecule has 0 spiro atoms. The van der Waals surface area contributed by atoms with Crippen LogP contribution in [0, 0.1) is 5.92 Å². The Morgan fingerprint density at radius 3 is 2.73 bits per heavy atom. The summed E-state index contributed by atoms with van der Waals surface area (Å²) in [5.41, 5.74) is 2.86. The van der Waals surface area contributed by atoms with Crippen molar-refractivity contribution in [2.45, 2.75) is 52.1 Å². The second-order valence-electron chi connectivity index (χ2n) is 6.77. The van der Waals surface area contributed by atoms with Crippen LogP contribution in [0.1, 0.15) is 49.5 Å². The molecule has 2 aliphatic rings. The van der Waals surface area contributed by atoms with Crippen LogP contribution in [-0.2, 0) is 11.2 Å². The van der Waals surface area contributed by atoms with Gasteiger partial charge in [-0.25, -0.2) is 0 Å². The van der Waals surface area contributed by atoms with Crippen molar-refractivity contribution in [3.05, 3.63) is 29.3 Å². The number of anilines is 1. The summed E-state index contributed by atoms with van der Waals surface area (Å²) in [6.07, 6.45) is 2.81. The number of carbonyl (C=O) groups excluding carboxylic acids is 2. The molecule has 2 heterocycles. The first-order chi connectivity index (χ1) is 10.5. The molecule has 2 aliphatic heterocycles. The summed E-state index contributed by atoms with van der Waals surface area (Å²) in [5, 5.41) is 3.26. The van der Waals surface area contributed by atoms with Gasteiger partial charge in [0.05, 0.1) is 6.04 Å². The highest BCUT2D eigenvalue weighted by Crippen LogP contribution is 2.34. The maximum atomic E-state index is 12.5. The second-order valence-corrected chi connectivity index (χ2v) is 6.77. The van der Waals surface area contributed by atoms with Gasteiger partial charge >= 0.3 is 0 Å². The number of Topliss-reactive ketones (excluding diaryl/α,β-unsaturated/α-hetero) is 1. The fourth-order valence-electron chi connectivity index (χ4n) is 3.51. The largest absolute Gasteiger partial charge is 0.309 e. The van der Waals surface area contributed by atoms with E-state index in [2.05, 4.69) is 12.2 Å². The van der Waals surface area contributed by atoms with Crippen LogP contribution in [0.25, 0.3) is 0 Å². The topological polar surface area (TPSA) is 49.4 Å². The second kappa shape index (κ2) is 5.84. The molecule has 3 rings (SSSR count). The van der Waals surface area contributed by atoms with E-state index in [1.807, 2.05) is 36.9 Å². The van der Waals surface area contributed by atoms with E-state index >= 15 is 0 Å². The molecule has 118 valence electrons. The van der Waals surface area contributed by atoms with E-state index < -0.39 is 0 Å². The number of fused-ring (bicyclic) bond motifs is 1. The van der Waals surface area contributed by atoms with Crippen LogP contribution < -0.4 is 10.2 Å². The van der Waals surface area contributed by atoms with Crippen molar-refractivity contribution in [1.29, 1.82) is 0 Å². The number of benzene rings is 1. The van der Waals surface area contributed by atoms with Gasteiger partial charge in [0.15, 0.2) is 5.78 Å². The van der Waals surface area contributed by atoms with Crippen molar-refractivity contribution in [3.63, 3.8) is 0 Å². The number of carbonyl (C=O) groups is 2. The fraction of sp³-hybridized carbons (Fsp3) is 0.556. The Balaban J connectivity index is 1.88. The van der Waals surface area contributed by atoms with E-state index in [0.29, 0.717) is 0 Å². The van der Waals surface area contributed by atoms with Crippen molar-refractivity contribution >= 4 is 17.4 Å². The summed E-state index contributed by atoms with van der Waals surface area (Å²) in [4.78, 5) is 26.8. The maximum Gasteiger partial charge on any atom is 0.229 e. The summed E-state index contributed by atoms with van der Waals surface area (Å²) in [7, 11) is 0. The number of ketones is 1. The predicted molar refractivity (Wildman–Crippen MR) is 87.3 cm³/mol. The van der Waals surface area contributed by atoms with Gasteiger partial charge in [-0.3, -0.25) is 9.59 Å². The summed E-state index contributed by atoms with van der Waals surface area (Å²) >= 11 is 0. The lowest BCUT2D eigenvalue weighted by molar-refractivity contribution is -0.121. The first-order valence-electron chi connectivity index (χ1n) is 8.22. The highest BCUT2D eigenvalue weighted by Gasteiger charge is 2.33. The van der Waals surface area contributed by atoms with Crippen molar-refractivity contribution in [2.75, 3.05) is 11.4 Å². The lowest BCUT2D eigenvalue weighted by Crippen LogP contribution is -2.38. The van der Waals surface area contributed by atoms with Crippen molar-refractivity contribution in [1.82, 2.24) is 5.32 Å². The normalized spacial score (nSPS) is 23.9. The van der Waals surface area contributed by atoms with Gasteiger partial charge in [0.1, 0.15) is 0 Å².